The molecular weight excluding hydrogens is 441 g/mol. The molecule has 0 aliphatic rings. The van der Waals surface area contributed by atoms with E-state index < -0.39 is 11.7 Å². The van der Waals surface area contributed by atoms with Crippen molar-refractivity contribution in [3.05, 3.63) is 101 Å². The van der Waals surface area contributed by atoms with Crippen molar-refractivity contribution in [1.82, 2.24) is 5.32 Å². The standard InChI is InChI=1S/C27H27F3N2O2/c1-3-16-31-25(33)17-20-10-14-23(15-11-20)32(26(34)24-7-5-4-6-19(24)2)18-21-8-12-22(13-9-21)27(28,29)30/h4-15H,3,16-18H2,1-2H3,(H,31,33). The largest absolute Gasteiger partial charge is 0.416 e. The van der Waals surface area contributed by atoms with Crippen LogP contribution in [0.3, 0.4) is 0 Å². The van der Waals surface area contributed by atoms with Gasteiger partial charge < -0.3 is 10.2 Å². The zero-order valence-electron chi connectivity index (χ0n) is 19.2. The first kappa shape index (κ1) is 25.0. The van der Waals surface area contributed by atoms with Crippen molar-refractivity contribution in [2.24, 2.45) is 0 Å². The monoisotopic (exact) mass is 468 g/mol. The number of benzene rings is 3. The van der Waals surface area contributed by atoms with Crippen molar-refractivity contribution in [1.29, 1.82) is 0 Å². The summed E-state index contributed by atoms with van der Waals surface area (Å²) < 4.78 is 38.8. The second-order valence-corrected chi connectivity index (χ2v) is 8.09. The predicted molar refractivity (Wildman–Crippen MR) is 127 cm³/mol. The van der Waals surface area contributed by atoms with Gasteiger partial charge in [0, 0.05) is 17.8 Å². The summed E-state index contributed by atoms with van der Waals surface area (Å²) >= 11 is 0. The highest BCUT2D eigenvalue weighted by molar-refractivity contribution is 6.07. The zero-order chi connectivity index (χ0) is 24.7. The quantitative estimate of drug-likeness (QED) is 0.446. The van der Waals surface area contributed by atoms with Gasteiger partial charge in [-0.2, -0.15) is 13.2 Å². The molecule has 0 heterocycles. The van der Waals surface area contributed by atoms with Crippen LogP contribution in [0.1, 0.15) is 46.0 Å². The minimum absolute atomic E-state index is 0.0767. The van der Waals surface area contributed by atoms with Crippen LogP contribution in [0.25, 0.3) is 0 Å². The maximum absolute atomic E-state index is 13.5. The highest BCUT2D eigenvalue weighted by atomic mass is 19.4. The molecule has 3 rings (SSSR count). The molecule has 0 aromatic heterocycles. The lowest BCUT2D eigenvalue weighted by atomic mass is 10.0. The van der Waals surface area contributed by atoms with Crippen molar-refractivity contribution < 1.29 is 22.8 Å². The third-order valence-electron chi connectivity index (χ3n) is 5.43. The molecule has 0 radical (unpaired) electrons. The normalized spacial score (nSPS) is 11.2. The van der Waals surface area contributed by atoms with Crippen LogP contribution in [0.15, 0.2) is 72.8 Å². The summed E-state index contributed by atoms with van der Waals surface area (Å²) in [6, 6.07) is 19.0. The van der Waals surface area contributed by atoms with Crippen LogP contribution in [-0.4, -0.2) is 18.4 Å². The number of carbonyl (C=O) groups is 2. The van der Waals surface area contributed by atoms with Gasteiger partial charge in [0.15, 0.2) is 0 Å². The molecular formula is C27H27F3N2O2. The Morgan fingerprint density at radius 2 is 1.50 bits per heavy atom. The molecule has 178 valence electrons. The lowest BCUT2D eigenvalue weighted by molar-refractivity contribution is -0.137. The highest BCUT2D eigenvalue weighted by Crippen LogP contribution is 2.30. The van der Waals surface area contributed by atoms with E-state index in [0.717, 1.165) is 29.7 Å². The Balaban J connectivity index is 1.88. The Labute approximate surface area is 197 Å². The van der Waals surface area contributed by atoms with Crippen LogP contribution < -0.4 is 10.2 Å². The first-order chi connectivity index (χ1) is 16.2. The Kier molecular flexibility index (Phi) is 8.10. The number of carbonyl (C=O) groups excluding carboxylic acids is 2. The van der Waals surface area contributed by atoms with E-state index in [1.807, 2.05) is 26.0 Å². The summed E-state index contributed by atoms with van der Waals surface area (Å²) in [4.78, 5) is 27.0. The molecule has 0 fully saturated rings. The third kappa shape index (κ3) is 6.47. The van der Waals surface area contributed by atoms with Gasteiger partial charge in [0.1, 0.15) is 0 Å². The van der Waals surface area contributed by atoms with Gasteiger partial charge in [-0.25, -0.2) is 0 Å². The summed E-state index contributed by atoms with van der Waals surface area (Å²) in [5.41, 5.74) is 2.53. The fourth-order valence-electron chi connectivity index (χ4n) is 3.53. The number of anilines is 1. The second-order valence-electron chi connectivity index (χ2n) is 8.09. The lowest BCUT2D eigenvalue weighted by Crippen LogP contribution is -2.31. The zero-order valence-corrected chi connectivity index (χ0v) is 19.2. The maximum atomic E-state index is 13.5. The Morgan fingerprint density at radius 3 is 2.09 bits per heavy atom. The minimum atomic E-state index is -4.42. The number of nitrogens with one attached hydrogen (secondary N) is 1. The number of amides is 2. The van der Waals surface area contributed by atoms with Crippen LogP contribution >= 0.6 is 0 Å². The lowest BCUT2D eigenvalue weighted by Gasteiger charge is -2.24. The summed E-state index contributed by atoms with van der Waals surface area (Å²) in [6.07, 6.45) is -3.34. The molecule has 0 saturated heterocycles. The molecule has 0 saturated carbocycles. The number of halogens is 3. The number of hydrogen-bond donors (Lipinski definition) is 1. The van der Waals surface area contributed by atoms with Gasteiger partial charge in [-0.1, -0.05) is 49.4 Å². The first-order valence-electron chi connectivity index (χ1n) is 11.1. The smallest absolute Gasteiger partial charge is 0.356 e. The maximum Gasteiger partial charge on any atom is 0.416 e. The summed E-state index contributed by atoms with van der Waals surface area (Å²) in [7, 11) is 0. The molecule has 4 nitrogen and oxygen atoms in total. The second kappa shape index (κ2) is 11.0. The van der Waals surface area contributed by atoms with E-state index in [0.29, 0.717) is 23.4 Å². The molecule has 3 aromatic carbocycles. The van der Waals surface area contributed by atoms with Crippen molar-refractivity contribution in [2.75, 3.05) is 11.4 Å². The van der Waals surface area contributed by atoms with Crippen LogP contribution in [0.2, 0.25) is 0 Å². The van der Waals surface area contributed by atoms with Gasteiger partial charge in [-0.05, 0) is 60.4 Å². The van der Waals surface area contributed by atoms with Gasteiger partial charge in [0.25, 0.3) is 5.91 Å². The van der Waals surface area contributed by atoms with E-state index >= 15 is 0 Å². The number of alkyl halides is 3. The van der Waals surface area contributed by atoms with Crippen LogP contribution in [-0.2, 0) is 23.9 Å². The fraction of sp³-hybridized carbons (Fsp3) is 0.259. The molecule has 0 bridgehead atoms. The molecule has 2 amide bonds. The average molecular weight is 469 g/mol. The topological polar surface area (TPSA) is 49.4 Å². The highest BCUT2D eigenvalue weighted by Gasteiger charge is 2.30. The Morgan fingerprint density at radius 1 is 0.882 bits per heavy atom. The number of aryl methyl sites for hydroxylation is 1. The SMILES string of the molecule is CCCNC(=O)Cc1ccc(N(Cc2ccc(C(F)(F)F)cc2)C(=O)c2ccccc2C)cc1. The molecule has 1 N–H and O–H groups in total. The van der Waals surface area contributed by atoms with Gasteiger partial charge in [0.05, 0.1) is 18.5 Å². The van der Waals surface area contributed by atoms with Gasteiger partial charge in [-0.3, -0.25) is 9.59 Å². The number of hydrogen-bond acceptors (Lipinski definition) is 2. The molecule has 7 heteroatoms. The van der Waals surface area contributed by atoms with Gasteiger partial charge >= 0.3 is 6.18 Å². The van der Waals surface area contributed by atoms with Crippen LogP contribution in [0.5, 0.6) is 0 Å². The van der Waals surface area contributed by atoms with Crippen molar-refractivity contribution in [3.8, 4) is 0 Å². The molecule has 0 unspecified atom stereocenters. The minimum Gasteiger partial charge on any atom is -0.356 e. The van der Waals surface area contributed by atoms with Gasteiger partial charge in [-0.15, -0.1) is 0 Å². The van der Waals surface area contributed by atoms with E-state index in [2.05, 4.69) is 5.32 Å². The van der Waals surface area contributed by atoms with E-state index in [1.165, 1.54) is 17.0 Å². The van der Waals surface area contributed by atoms with Crippen molar-refractivity contribution >= 4 is 17.5 Å². The number of rotatable bonds is 8. The van der Waals surface area contributed by atoms with Crippen molar-refractivity contribution in [3.63, 3.8) is 0 Å². The predicted octanol–water partition coefficient (Wildman–Crippen LogP) is 5.93. The molecule has 3 aromatic rings. The molecule has 0 aliphatic heterocycles. The molecule has 34 heavy (non-hydrogen) atoms. The molecule has 0 atom stereocenters. The summed E-state index contributed by atoms with van der Waals surface area (Å²) in [5, 5.41) is 2.83. The Hall–Kier alpha value is -3.61. The van der Waals surface area contributed by atoms with Crippen molar-refractivity contribution in [2.45, 2.75) is 39.4 Å². The molecule has 0 aliphatic carbocycles. The summed E-state index contributed by atoms with van der Waals surface area (Å²) in [6.45, 7) is 4.53. The summed E-state index contributed by atoms with van der Waals surface area (Å²) in [5.74, 6) is -0.335. The number of nitrogens with zero attached hydrogens (tertiary/aromatic N) is 1. The fourth-order valence-corrected chi connectivity index (χ4v) is 3.53. The van der Waals surface area contributed by atoms with Crippen LogP contribution in [0, 0.1) is 6.92 Å². The van der Waals surface area contributed by atoms with E-state index in [-0.39, 0.29) is 24.8 Å². The van der Waals surface area contributed by atoms with Crippen LogP contribution in [0.4, 0.5) is 18.9 Å². The first-order valence-corrected chi connectivity index (χ1v) is 11.1. The van der Waals surface area contributed by atoms with E-state index in [1.54, 1.807) is 36.4 Å². The van der Waals surface area contributed by atoms with Gasteiger partial charge in [0.2, 0.25) is 5.91 Å². The Bertz CT molecular complexity index is 1120. The average Bonchev–Trinajstić information content (AvgIpc) is 2.81. The van der Waals surface area contributed by atoms with E-state index in [9.17, 15) is 22.8 Å². The molecule has 0 spiro atoms. The third-order valence-corrected chi connectivity index (χ3v) is 5.43. The van der Waals surface area contributed by atoms with E-state index in [4.69, 9.17) is 0 Å².